The number of anilines is 2. The molecule has 0 saturated carbocycles. The fourth-order valence-corrected chi connectivity index (χ4v) is 14.9. The monoisotopic (exact) mass is 654 g/mol. The predicted molar refractivity (Wildman–Crippen MR) is 216 cm³/mol. The quantitative estimate of drug-likeness (QED) is 0.182. The van der Waals surface area contributed by atoms with Crippen molar-refractivity contribution in [3.63, 3.8) is 0 Å². The highest BCUT2D eigenvalue weighted by atomic mass is 28.3. The van der Waals surface area contributed by atoms with Gasteiger partial charge in [-0.05, 0) is 66.4 Å². The molecule has 0 unspecified atom stereocenters. The zero-order valence-corrected chi connectivity index (χ0v) is 29.5. The van der Waals surface area contributed by atoms with E-state index in [0.29, 0.717) is 0 Å². The maximum Gasteiger partial charge on any atom is 0.333 e. The lowest BCUT2D eigenvalue weighted by Gasteiger charge is -2.51. The maximum atomic E-state index is 2.75. The third-order valence-corrected chi connectivity index (χ3v) is 16.6. The molecule has 4 heterocycles. The van der Waals surface area contributed by atoms with E-state index in [4.69, 9.17) is 0 Å². The van der Waals surface area contributed by atoms with Gasteiger partial charge >= 0.3 is 6.85 Å². The Morgan fingerprint density at radius 1 is 0.540 bits per heavy atom. The molecule has 0 radical (unpaired) electrons. The van der Waals surface area contributed by atoms with E-state index in [2.05, 4.69) is 188 Å². The second-order valence-corrected chi connectivity index (χ2v) is 19.0. The summed E-state index contributed by atoms with van der Waals surface area (Å²) >= 11 is 0. The summed E-state index contributed by atoms with van der Waals surface area (Å²) in [6, 6.07) is 60.4. The summed E-state index contributed by atoms with van der Waals surface area (Å²) in [5, 5.41) is 8.41. The average molecular weight is 655 g/mol. The van der Waals surface area contributed by atoms with Gasteiger partial charge in [0, 0.05) is 33.4 Å². The summed E-state index contributed by atoms with van der Waals surface area (Å²) in [6.07, 6.45) is 0. The van der Waals surface area contributed by atoms with E-state index in [9.17, 15) is 0 Å². The molecule has 236 valence electrons. The fraction of sp³-hybridized carbons (Fsp3) is 0.0870. The van der Waals surface area contributed by atoms with Crippen molar-refractivity contribution in [1.82, 2.24) is 4.57 Å². The van der Waals surface area contributed by atoms with Crippen LogP contribution in [0.2, 0.25) is 0 Å². The van der Waals surface area contributed by atoms with Crippen LogP contribution in [0, 0.1) is 0 Å². The Bertz CT molecular complexity index is 2670. The molecule has 0 amide bonds. The van der Waals surface area contributed by atoms with Crippen molar-refractivity contribution in [2.75, 3.05) is 4.81 Å². The van der Waals surface area contributed by atoms with Crippen LogP contribution in [0.5, 0.6) is 0 Å². The van der Waals surface area contributed by atoms with Crippen LogP contribution in [0.1, 0.15) is 26.3 Å². The number of aromatic nitrogens is 1. The Morgan fingerprint density at radius 2 is 1.18 bits per heavy atom. The number of rotatable bonds is 2. The molecule has 8 aromatic rings. The van der Waals surface area contributed by atoms with Gasteiger partial charge in [-0.1, -0.05) is 160 Å². The van der Waals surface area contributed by atoms with Crippen molar-refractivity contribution < 1.29 is 0 Å². The minimum Gasteiger partial charge on any atom is -0.376 e. The average Bonchev–Trinajstić information content (AvgIpc) is 3.50. The van der Waals surface area contributed by atoms with Crippen LogP contribution in [0.15, 0.2) is 158 Å². The second kappa shape index (κ2) is 9.77. The molecule has 0 fully saturated rings. The Kier molecular flexibility index (Phi) is 5.53. The number of nitrogens with zero attached hydrogens (tertiary/aromatic N) is 2. The van der Waals surface area contributed by atoms with Crippen LogP contribution in [0.4, 0.5) is 11.4 Å². The predicted octanol–water partition coefficient (Wildman–Crippen LogP) is 7.01. The standard InChI is InChI=1S/C46H35BN2Si/c1-46(2,3)30-28-36-35-22-15-27-42-45(35)49(39-25-12-13-26-41(39)50(42,31-16-6-4-7-17-31)32-18-8-5-9-19-32)47-37-23-14-21-34-33-20-10-11-24-38(33)48(44(34)37)40(29-30)43(36)47/h4-29H,1-3H3. The number of hydrogen-bond acceptors (Lipinski definition) is 1. The Labute approximate surface area is 294 Å². The summed E-state index contributed by atoms with van der Waals surface area (Å²) < 4.78 is 2.59. The lowest BCUT2D eigenvalue weighted by Crippen LogP contribution is -2.79. The molecule has 3 aliphatic rings. The molecule has 0 spiro atoms. The van der Waals surface area contributed by atoms with Crippen molar-refractivity contribution in [2.24, 2.45) is 0 Å². The van der Waals surface area contributed by atoms with E-state index in [1.54, 1.807) is 0 Å². The molecule has 0 saturated heterocycles. The highest BCUT2D eigenvalue weighted by molar-refractivity contribution is 7.22. The van der Waals surface area contributed by atoms with Crippen molar-refractivity contribution in [1.29, 1.82) is 0 Å². The SMILES string of the molecule is CC(C)(C)c1cc2c3c(c1)-n1c4ccccc4c4cccc(c41)B3N1c3ccccc3[Si](c3ccccc3)(c3ccccc3)c3cccc-2c31. The van der Waals surface area contributed by atoms with Crippen LogP contribution < -0.4 is 36.5 Å². The summed E-state index contributed by atoms with van der Waals surface area (Å²) in [4.78, 5) is 2.75. The number of hydrogen-bond donors (Lipinski definition) is 0. The van der Waals surface area contributed by atoms with Gasteiger partial charge < -0.3 is 9.38 Å². The Hall–Kier alpha value is -5.58. The van der Waals surface area contributed by atoms with Crippen LogP contribution >= 0.6 is 0 Å². The molecule has 4 heteroatoms. The first-order valence-corrected chi connectivity index (χ1v) is 19.8. The second-order valence-electron chi connectivity index (χ2n) is 15.3. The fourth-order valence-electron chi connectivity index (χ4n) is 9.73. The van der Waals surface area contributed by atoms with Crippen LogP contribution in [-0.2, 0) is 5.41 Å². The molecule has 1 aromatic heterocycles. The number of fused-ring (bicyclic) bond motifs is 9. The maximum absolute atomic E-state index is 2.75. The first kappa shape index (κ1) is 28.3. The van der Waals surface area contributed by atoms with Crippen molar-refractivity contribution in [2.45, 2.75) is 26.2 Å². The van der Waals surface area contributed by atoms with E-state index in [0.717, 1.165) is 0 Å². The van der Waals surface area contributed by atoms with Gasteiger partial charge in [-0.2, -0.15) is 0 Å². The van der Waals surface area contributed by atoms with E-state index >= 15 is 0 Å². The van der Waals surface area contributed by atoms with Gasteiger partial charge in [0.05, 0.1) is 11.0 Å². The molecule has 0 aliphatic carbocycles. The van der Waals surface area contributed by atoms with Crippen molar-refractivity contribution >= 4 is 79.8 Å². The van der Waals surface area contributed by atoms with Crippen molar-refractivity contribution in [3.05, 3.63) is 163 Å². The zero-order chi connectivity index (χ0) is 33.4. The van der Waals surface area contributed by atoms with E-state index in [-0.39, 0.29) is 12.3 Å². The summed E-state index contributed by atoms with van der Waals surface area (Å²) in [5.41, 5.74) is 13.5. The molecular weight excluding hydrogens is 619 g/mol. The first-order valence-electron chi connectivity index (χ1n) is 17.8. The van der Waals surface area contributed by atoms with E-state index in [1.807, 2.05) is 0 Å². The minimum atomic E-state index is -2.75. The minimum absolute atomic E-state index is 0.0226. The molecule has 50 heavy (non-hydrogen) atoms. The number of para-hydroxylation sites is 4. The van der Waals surface area contributed by atoms with Gasteiger partial charge in [-0.3, -0.25) is 0 Å². The molecule has 0 bridgehead atoms. The molecule has 2 nitrogen and oxygen atoms in total. The summed E-state index contributed by atoms with van der Waals surface area (Å²) in [6.45, 7) is 7.09. The molecule has 0 N–H and O–H groups in total. The van der Waals surface area contributed by atoms with Crippen LogP contribution in [-0.4, -0.2) is 19.5 Å². The largest absolute Gasteiger partial charge is 0.376 e. The van der Waals surface area contributed by atoms with E-state index in [1.165, 1.54) is 87.2 Å². The van der Waals surface area contributed by atoms with Gasteiger partial charge in [-0.25, -0.2) is 0 Å². The lowest BCUT2D eigenvalue weighted by atomic mass is 9.43. The third kappa shape index (κ3) is 3.39. The van der Waals surface area contributed by atoms with Crippen LogP contribution in [0.25, 0.3) is 38.6 Å². The summed E-state index contributed by atoms with van der Waals surface area (Å²) in [7, 11) is -2.75. The van der Waals surface area contributed by atoms with Crippen LogP contribution in [0.3, 0.4) is 0 Å². The molecule has 7 aromatic carbocycles. The molecule has 3 aliphatic heterocycles. The summed E-state index contributed by atoms with van der Waals surface area (Å²) in [5.74, 6) is 0. The van der Waals surface area contributed by atoms with Gasteiger partial charge in [-0.15, -0.1) is 0 Å². The normalized spacial score (nSPS) is 14.8. The lowest BCUT2D eigenvalue weighted by molar-refractivity contribution is 0.590. The Morgan fingerprint density at radius 3 is 1.94 bits per heavy atom. The third-order valence-electron chi connectivity index (χ3n) is 11.8. The number of benzene rings is 7. The molecule has 0 atom stereocenters. The Balaban J connectivity index is 1.36. The highest BCUT2D eigenvalue weighted by Gasteiger charge is 2.54. The first-order chi connectivity index (χ1) is 24.5. The van der Waals surface area contributed by atoms with Gasteiger partial charge in [0.25, 0.3) is 0 Å². The zero-order valence-electron chi connectivity index (χ0n) is 28.5. The highest BCUT2D eigenvalue weighted by Crippen LogP contribution is 2.46. The van der Waals surface area contributed by atoms with Gasteiger partial charge in [0.1, 0.15) is 0 Å². The topological polar surface area (TPSA) is 8.17 Å². The molecule has 11 rings (SSSR count). The van der Waals surface area contributed by atoms with Gasteiger partial charge in [0.15, 0.2) is 8.07 Å². The molecular formula is C46H35BN2Si. The smallest absolute Gasteiger partial charge is 0.333 e. The van der Waals surface area contributed by atoms with Crippen molar-refractivity contribution in [3.8, 4) is 16.8 Å². The van der Waals surface area contributed by atoms with E-state index < -0.39 is 8.07 Å². The van der Waals surface area contributed by atoms with Gasteiger partial charge in [0.2, 0.25) is 0 Å².